The summed E-state index contributed by atoms with van der Waals surface area (Å²) in [6.07, 6.45) is 1.33. The fraction of sp³-hybridized carbons (Fsp3) is 0.714. The second-order valence-corrected chi connectivity index (χ2v) is 8.16. The lowest BCUT2D eigenvalue weighted by Crippen LogP contribution is -2.39. The van der Waals surface area contributed by atoms with Crippen molar-refractivity contribution in [3.8, 4) is 0 Å². The largest absolute Gasteiger partial charge is 0.312 e. The SMILES string of the molecule is CC(C)(C)NCC1CCN(Cc2cc(Br)cs2)C1. The fourth-order valence-corrected chi connectivity index (χ4v) is 3.82. The van der Waals surface area contributed by atoms with Crippen LogP contribution in [-0.2, 0) is 6.54 Å². The molecule has 0 spiro atoms. The van der Waals surface area contributed by atoms with E-state index in [0.717, 1.165) is 19.0 Å². The third-order valence-corrected chi connectivity index (χ3v) is 4.97. The Morgan fingerprint density at radius 2 is 2.28 bits per heavy atom. The zero-order valence-corrected chi connectivity index (χ0v) is 13.9. The molecule has 1 aromatic heterocycles. The first-order valence-electron chi connectivity index (χ1n) is 6.63. The van der Waals surface area contributed by atoms with Gasteiger partial charge in [-0.2, -0.15) is 0 Å². The molecule has 1 saturated heterocycles. The van der Waals surface area contributed by atoms with Crippen LogP contribution in [0, 0.1) is 5.92 Å². The van der Waals surface area contributed by atoms with Gasteiger partial charge in [-0.25, -0.2) is 0 Å². The molecule has 0 aliphatic carbocycles. The predicted molar refractivity (Wildman–Crippen MR) is 83.2 cm³/mol. The van der Waals surface area contributed by atoms with Crippen LogP contribution in [0.2, 0.25) is 0 Å². The van der Waals surface area contributed by atoms with Crippen LogP contribution in [0.4, 0.5) is 0 Å². The van der Waals surface area contributed by atoms with E-state index >= 15 is 0 Å². The van der Waals surface area contributed by atoms with E-state index in [-0.39, 0.29) is 5.54 Å². The maximum Gasteiger partial charge on any atom is 0.0328 e. The highest BCUT2D eigenvalue weighted by atomic mass is 79.9. The van der Waals surface area contributed by atoms with Crippen molar-refractivity contribution in [2.45, 2.75) is 39.3 Å². The van der Waals surface area contributed by atoms with Gasteiger partial charge >= 0.3 is 0 Å². The summed E-state index contributed by atoms with van der Waals surface area (Å²) in [5.74, 6) is 0.813. The van der Waals surface area contributed by atoms with Gasteiger partial charge in [-0.15, -0.1) is 11.3 Å². The molecule has 4 heteroatoms. The number of thiophene rings is 1. The summed E-state index contributed by atoms with van der Waals surface area (Å²) >= 11 is 5.37. The summed E-state index contributed by atoms with van der Waals surface area (Å²) in [5, 5.41) is 5.79. The predicted octanol–water partition coefficient (Wildman–Crippen LogP) is 3.72. The van der Waals surface area contributed by atoms with E-state index in [9.17, 15) is 0 Å². The molecule has 1 aromatic rings. The van der Waals surface area contributed by atoms with Crippen LogP contribution in [0.5, 0.6) is 0 Å². The summed E-state index contributed by atoms with van der Waals surface area (Å²) in [5.41, 5.74) is 0.242. The molecule has 0 amide bonds. The Labute approximate surface area is 123 Å². The van der Waals surface area contributed by atoms with Crippen molar-refractivity contribution in [2.24, 2.45) is 5.92 Å². The molecule has 0 saturated carbocycles. The molecule has 2 heterocycles. The molecular formula is C14H23BrN2S. The van der Waals surface area contributed by atoms with Crippen molar-refractivity contribution in [2.75, 3.05) is 19.6 Å². The monoisotopic (exact) mass is 330 g/mol. The molecule has 0 radical (unpaired) electrons. The molecule has 1 aliphatic heterocycles. The molecule has 0 aromatic carbocycles. The van der Waals surface area contributed by atoms with Gasteiger partial charge in [0.2, 0.25) is 0 Å². The summed E-state index contributed by atoms with van der Waals surface area (Å²) in [4.78, 5) is 4.04. The highest BCUT2D eigenvalue weighted by Crippen LogP contribution is 2.24. The molecule has 1 atom stereocenters. The van der Waals surface area contributed by atoms with Gasteiger partial charge in [-0.1, -0.05) is 0 Å². The minimum atomic E-state index is 0.242. The number of hydrogen-bond acceptors (Lipinski definition) is 3. The zero-order chi connectivity index (χ0) is 13.2. The van der Waals surface area contributed by atoms with E-state index in [1.54, 1.807) is 0 Å². The van der Waals surface area contributed by atoms with Gasteiger partial charge in [0.1, 0.15) is 0 Å². The van der Waals surface area contributed by atoms with Crippen molar-refractivity contribution in [1.82, 2.24) is 10.2 Å². The van der Waals surface area contributed by atoms with Gasteiger partial charge in [0.15, 0.2) is 0 Å². The van der Waals surface area contributed by atoms with Crippen LogP contribution in [0.3, 0.4) is 0 Å². The van der Waals surface area contributed by atoms with Crippen molar-refractivity contribution in [1.29, 1.82) is 0 Å². The summed E-state index contributed by atoms with van der Waals surface area (Å²) in [7, 11) is 0. The van der Waals surface area contributed by atoms with E-state index in [1.807, 2.05) is 11.3 Å². The van der Waals surface area contributed by atoms with Crippen molar-refractivity contribution in [3.05, 3.63) is 20.8 Å². The van der Waals surface area contributed by atoms with E-state index in [4.69, 9.17) is 0 Å². The smallest absolute Gasteiger partial charge is 0.0328 e. The normalized spacial score (nSPS) is 21.7. The summed E-state index contributed by atoms with van der Waals surface area (Å²) in [6, 6.07) is 2.24. The Morgan fingerprint density at radius 1 is 1.50 bits per heavy atom. The number of nitrogens with one attached hydrogen (secondary N) is 1. The van der Waals surface area contributed by atoms with E-state index in [2.05, 4.69) is 58.4 Å². The van der Waals surface area contributed by atoms with Gasteiger partial charge in [0.05, 0.1) is 0 Å². The second kappa shape index (κ2) is 6.04. The second-order valence-electron chi connectivity index (χ2n) is 6.25. The van der Waals surface area contributed by atoms with Gasteiger partial charge in [-0.3, -0.25) is 4.90 Å². The Kier molecular flexibility index (Phi) is 4.86. The van der Waals surface area contributed by atoms with Crippen molar-refractivity contribution < 1.29 is 0 Å². The molecule has 1 fully saturated rings. The Morgan fingerprint density at radius 3 is 2.89 bits per heavy atom. The topological polar surface area (TPSA) is 15.3 Å². The van der Waals surface area contributed by atoms with Gasteiger partial charge < -0.3 is 5.32 Å². The highest BCUT2D eigenvalue weighted by molar-refractivity contribution is 9.10. The van der Waals surface area contributed by atoms with Crippen LogP contribution >= 0.6 is 27.3 Å². The van der Waals surface area contributed by atoms with E-state index in [1.165, 1.54) is 28.9 Å². The van der Waals surface area contributed by atoms with Crippen LogP contribution in [0.1, 0.15) is 32.1 Å². The van der Waals surface area contributed by atoms with E-state index in [0.29, 0.717) is 0 Å². The maximum atomic E-state index is 3.62. The van der Waals surface area contributed by atoms with Crippen LogP contribution in [0.25, 0.3) is 0 Å². The number of hydrogen-bond donors (Lipinski definition) is 1. The summed E-state index contributed by atoms with van der Waals surface area (Å²) in [6.45, 7) is 11.5. The number of nitrogens with zero attached hydrogens (tertiary/aromatic N) is 1. The Hall–Kier alpha value is 0.1000. The average Bonchev–Trinajstić information content (AvgIpc) is 2.85. The highest BCUT2D eigenvalue weighted by Gasteiger charge is 2.23. The van der Waals surface area contributed by atoms with E-state index < -0.39 is 0 Å². The molecule has 1 aliphatic rings. The minimum absolute atomic E-state index is 0.242. The van der Waals surface area contributed by atoms with Crippen molar-refractivity contribution >= 4 is 27.3 Å². The first kappa shape index (κ1) is 14.5. The number of halogens is 1. The lowest BCUT2D eigenvalue weighted by Gasteiger charge is -2.23. The van der Waals surface area contributed by atoms with Gasteiger partial charge in [0, 0.05) is 33.4 Å². The molecule has 1 unspecified atom stereocenters. The van der Waals surface area contributed by atoms with Gasteiger partial charge in [0.25, 0.3) is 0 Å². The Balaban J connectivity index is 1.75. The maximum absolute atomic E-state index is 3.62. The molecular weight excluding hydrogens is 308 g/mol. The lowest BCUT2D eigenvalue weighted by molar-refractivity contribution is 0.307. The Bertz CT molecular complexity index is 383. The van der Waals surface area contributed by atoms with Crippen LogP contribution in [-0.4, -0.2) is 30.1 Å². The average molecular weight is 331 g/mol. The van der Waals surface area contributed by atoms with Crippen LogP contribution < -0.4 is 5.32 Å². The molecule has 1 N–H and O–H groups in total. The molecule has 18 heavy (non-hydrogen) atoms. The third-order valence-electron chi connectivity index (χ3n) is 3.29. The third kappa shape index (κ3) is 4.65. The molecule has 102 valence electrons. The van der Waals surface area contributed by atoms with Gasteiger partial charge in [-0.05, 0) is 68.2 Å². The zero-order valence-electron chi connectivity index (χ0n) is 11.5. The number of rotatable bonds is 4. The summed E-state index contributed by atoms with van der Waals surface area (Å²) < 4.78 is 1.22. The van der Waals surface area contributed by atoms with Crippen LogP contribution in [0.15, 0.2) is 15.9 Å². The first-order chi connectivity index (χ1) is 8.42. The molecule has 2 rings (SSSR count). The molecule has 0 bridgehead atoms. The van der Waals surface area contributed by atoms with Crippen molar-refractivity contribution in [3.63, 3.8) is 0 Å². The molecule has 2 nitrogen and oxygen atoms in total. The lowest BCUT2D eigenvalue weighted by atomic mass is 10.1. The quantitative estimate of drug-likeness (QED) is 0.905. The standard InChI is InChI=1S/C14H23BrN2S/c1-14(2,3)16-7-11-4-5-17(8-11)9-13-6-12(15)10-18-13/h6,10-11,16H,4-5,7-9H2,1-3H3. The first-order valence-corrected chi connectivity index (χ1v) is 8.30. The number of likely N-dealkylation sites (tertiary alicyclic amines) is 1. The minimum Gasteiger partial charge on any atom is -0.312 e. The fourth-order valence-electron chi connectivity index (χ4n) is 2.33.